The van der Waals surface area contributed by atoms with Crippen molar-refractivity contribution in [2.75, 3.05) is 31.1 Å². The van der Waals surface area contributed by atoms with Crippen LogP contribution in [0.3, 0.4) is 0 Å². The summed E-state index contributed by atoms with van der Waals surface area (Å²) >= 11 is 0. The summed E-state index contributed by atoms with van der Waals surface area (Å²) in [6.45, 7) is 4.72. The van der Waals surface area contributed by atoms with Crippen molar-refractivity contribution < 1.29 is 17.6 Å². The molecule has 0 aliphatic carbocycles. The number of aromatic nitrogens is 3. The topological polar surface area (TPSA) is 50.3 Å². The lowest BCUT2D eigenvalue weighted by molar-refractivity contribution is -0.173. The van der Waals surface area contributed by atoms with Gasteiger partial charge in [-0.15, -0.1) is 0 Å². The molecule has 3 aromatic rings. The van der Waals surface area contributed by atoms with Gasteiger partial charge in [-0.2, -0.15) is 18.2 Å². The number of hydrogen-bond donors (Lipinski definition) is 0. The van der Waals surface area contributed by atoms with E-state index in [1.54, 1.807) is 10.8 Å². The Hall–Kier alpha value is -2.55. The van der Waals surface area contributed by atoms with Crippen molar-refractivity contribution >= 4 is 17.1 Å². The van der Waals surface area contributed by atoms with Crippen LogP contribution in [0.25, 0.3) is 11.1 Å². The van der Waals surface area contributed by atoms with Gasteiger partial charge in [0.15, 0.2) is 5.58 Å². The van der Waals surface area contributed by atoms with Gasteiger partial charge in [0, 0.05) is 45.5 Å². The molecule has 1 aromatic carbocycles. The molecule has 0 saturated carbocycles. The Balaban J connectivity index is 1.35. The fourth-order valence-electron chi connectivity index (χ4n) is 3.36. The van der Waals surface area contributed by atoms with Gasteiger partial charge in [-0.3, -0.25) is 4.90 Å². The van der Waals surface area contributed by atoms with Gasteiger partial charge in [-0.05, 0) is 12.1 Å². The van der Waals surface area contributed by atoms with Crippen molar-refractivity contribution in [3.05, 3.63) is 42.5 Å². The zero-order valence-corrected chi connectivity index (χ0v) is 15.6. The molecule has 6 nitrogen and oxygen atoms in total. The van der Waals surface area contributed by atoms with Gasteiger partial charge in [0.05, 0.1) is 17.9 Å². The van der Waals surface area contributed by atoms with Crippen LogP contribution in [0.5, 0.6) is 0 Å². The highest BCUT2D eigenvalue weighted by Crippen LogP contribution is 2.27. The predicted octanol–water partition coefficient (Wildman–Crippen LogP) is 3.54. The average Bonchev–Trinajstić information content (AvgIpc) is 3.28. The number of halogens is 3. The van der Waals surface area contributed by atoms with Gasteiger partial charge in [0.1, 0.15) is 5.52 Å². The summed E-state index contributed by atoms with van der Waals surface area (Å²) < 4.78 is 46.0. The summed E-state index contributed by atoms with van der Waals surface area (Å²) in [4.78, 5) is 12.9. The number of rotatable bonds is 5. The molecule has 0 bridgehead atoms. The second-order valence-corrected chi connectivity index (χ2v) is 7.21. The van der Waals surface area contributed by atoms with Crippen molar-refractivity contribution in [1.29, 1.82) is 0 Å². The standard InChI is InChI=1S/C19H22F3N5O/c1-14(19(20,21)22)11-27-13-23-10-15(27)12-25-6-8-26(9-7-25)18-24-16-4-2-3-5-17(16)28-18/h2-5,10,13-14H,6-9,11-12H2,1H3. The summed E-state index contributed by atoms with van der Waals surface area (Å²) in [7, 11) is 0. The summed E-state index contributed by atoms with van der Waals surface area (Å²) in [6, 6.07) is 8.27. The van der Waals surface area contributed by atoms with Crippen LogP contribution in [-0.2, 0) is 13.1 Å². The second-order valence-electron chi connectivity index (χ2n) is 7.21. The first-order valence-electron chi connectivity index (χ1n) is 9.29. The van der Waals surface area contributed by atoms with Crippen molar-refractivity contribution in [2.45, 2.75) is 26.2 Å². The highest BCUT2D eigenvalue weighted by molar-refractivity contribution is 5.74. The Labute approximate surface area is 160 Å². The molecule has 1 saturated heterocycles. The van der Waals surface area contributed by atoms with E-state index < -0.39 is 12.1 Å². The minimum Gasteiger partial charge on any atom is -0.423 e. The van der Waals surface area contributed by atoms with E-state index in [9.17, 15) is 13.2 Å². The number of hydrogen-bond acceptors (Lipinski definition) is 5. The first-order chi connectivity index (χ1) is 13.4. The number of benzene rings is 1. The van der Waals surface area contributed by atoms with E-state index in [1.807, 2.05) is 24.3 Å². The Morgan fingerprint density at radius 3 is 2.61 bits per heavy atom. The number of piperazine rings is 1. The highest BCUT2D eigenvalue weighted by Gasteiger charge is 2.36. The number of oxazole rings is 1. The first-order valence-corrected chi connectivity index (χ1v) is 9.29. The lowest BCUT2D eigenvalue weighted by atomic mass is 10.1. The van der Waals surface area contributed by atoms with Gasteiger partial charge in [0.25, 0.3) is 6.01 Å². The molecule has 0 amide bonds. The molecule has 9 heteroatoms. The maximum atomic E-state index is 12.8. The molecular formula is C19H22F3N5O. The molecule has 1 fully saturated rings. The van der Waals surface area contributed by atoms with Crippen molar-refractivity contribution in [3.63, 3.8) is 0 Å². The average molecular weight is 393 g/mol. The lowest BCUT2D eigenvalue weighted by Gasteiger charge is -2.33. The van der Waals surface area contributed by atoms with Crippen LogP contribution in [0.4, 0.5) is 19.2 Å². The van der Waals surface area contributed by atoms with Crippen LogP contribution in [-0.4, -0.2) is 51.8 Å². The van der Waals surface area contributed by atoms with Crippen LogP contribution >= 0.6 is 0 Å². The number of imidazole rings is 1. The smallest absolute Gasteiger partial charge is 0.393 e. The van der Waals surface area contributed by atoms with E-state index in [0.29, 0.717) is 12.6 Å². The minimum atomic E-state index is -4.20. The van der Waals surface area contributed by atoms with E-state index in [-0.39, 0.29) is 6.54 Å². The highest BCUT2D eigenvalue weighted by atomic mass is 19.4. The van der Waals surface area contributed by atoms with Crippen LogP contribution in [0.1, 0.15) is 12.6 Å². The van der Waals surface area contributed by atoms with Gasteiger partial charge in [-0.25, -0.2) is 4.98 Å². The molecule has 0 spiro atoms. The summed E-state index contributed by atoms with van der Waals surface area (Å²) in [5, 5.41) is 0. The molecular weight excluding hydrogens is 371 g/mol. The quantitative estimate of drug-likeness (QED) is 0.664. The Morgan fingerprint density at radius 1 is 1.14 bits per heavy atom. The van der Waals surface area contributed by atoms with Crippen molar-refractivity contribution in [1.82, 2.24) is 19.4 Å². The fourth-order valence-corrected chi connectivity index (χ4v) is 3.36. The lowest BCUT2D eigenvalue weighted by Crippen LogP contribution is -2.46. The number of para-hydroxylation sites is 2. The number of fused-ring (bicyclic) bond motifs is 1. The molecule has 0 radical (unpaired) electrons. The number of alkyl halides is 3. The summed E-state index contributed by atoms with van der Waals surface area (Å²) in [5.74, 6) is -1.41. The van der Waals surface area contributed by atoms with Gasteiger partial charge in [0.2, 0.25) is 0 Å². The maximum Gasteiger partial charge on any atom is 0.393 e. The molecule has 1 atom stereocenters. The van der Waals surface area contributed by atoms with Gasteiger partial charge >= 0.3 is 6.18 Å². The van der Waals surface area contributed by atoms with E-state index >= 15 is 0 Å². The normalized spacial score (nSPS) is 17.4. The molecule has 1 aliphatic rings. The largest absolute Gasteiger partial charge is 0.423 e. The maximum absolute atomic E-state index is 12.8. The zero-order valence-electron chi connectivity index (χ0n) is 15.6. The second kappa shape index (κ2) is 7.46. The van der Waals surface area contributed by atoms with Crippen LogP contribution in [0.2, 0.25) is 0 Å². The molecule has 150 valence electrons. The van der Waals surface area contributed by atoms with Crippen LogP contribution in [0, 0.1) is 5.92 Å². The van der Waals surface area contributed by atoms with Crippen LogP contribution in [0.15, 0.2) is 41.2 Å². The van der Waals surface area contributed by atoms with Gasteiger partial charge < -0.3 is 13.9 Å². The first kappa shape index (κ1) is 18.8. The SMILES string of the molecule is CC(Cn1cncc1CN1CCN(c2nc3ccccc3o2)CC1)C(F)(F)F. The summed E-state index contributed by atoms with van der Waals surface area (Å²) in [6.07, 6.45) is -1.07. The molecule has 3 heterocycles. The fraction of sp³-hybridized carbons (Fsp3) is 0.474. The van der Waals surface area contributed by atoms with E-state index in [2.05, 4.69) is 19.8 Å². The Morgan fingerprint density at radius 2 is 1.89 bits per heavy atom. The minimum absolute atomic E-state index is 0.109. The third kappa shape index (κ3) is 3.99. The number of nitrogens with zero attached hydrogens (tertiary/aromatic N) is 5. The zero-order chi connectivity index (χ0) is 19.7. The Kier molecular flexibility index (Phi) is 5.01. The van der Waals surface area contributed by atoms with Crippen LogP contribution < -0.4 is 4.90 Å². The third-order valence-corrected chi connectivity index (χ3v) is 5.14. The molecule has 0 N–H and O–H groups in total. The van der Waals surface area contributed by atoms with Gasteiger partial charge in [-0.1, -0.05) is 19.1 Å². The Bertz CT molecular complexity index is 894. The summed E-state index contributed by atoms with van der Waals surface area (Å²) in [5.41, 5.74) is 2.40. The van der Waals surface area contributed by atoms with E-state index in [0.717, 1.165) is 43.0 Å². The van der Waals surface area contributed by atoms with E-state index in [4.69, 9.17) is 4.42 Å². The molecule has 4 rings (SSSR count). The molecule has 2 aromatic heterocycles. The van der Waals surface area contributed by atoms with Crippen molar-refractivity contribution in [2.24, 2.45) is 5.92 Å². The molecule has 1 aliphatic heterocycles. The van der Waals surface area contributed by atoms with Crippen molar-refractivity contribution in [3.8, 4) is 0 Å². The van der Waals surface area contributed by atoms with E-state index in [1.165, 1.54) is 13.3 Å². The third-order valence-electron chi connectivity index (χ3n) is 5.14. The number of anilines is 1. The molecule has 28 heavy (non-hydrogen) atoms. The molecule has 1 unspecified atom stereocenters. The monoisotopic (exact) mass is 393 g/mol. The predicted molar refractivity (Wildman–Crippen MR) is 98.9 cm³/mol.